The van der Waals surface area contributed by atoms with E-state index in [1.165, 1.54) is 0 Å². The molecule has 1 atom stereocenters. The molecular formula is C11H19NO5. The minimum atomic E-state index is -0.871. The Labute approximate surface area is 100 Å². The van der Waals surface area contributed by atoms with Crippen molar-refractivity contribution in [2.24, 2.45) is 0 Å². The highest BCUT2D eigenvalue weighted by Gasteiger charge is 2.28. The van der Waals surface area contributed by atoms with Crippen molar-refractivity contribution in [3.63, 3.8) is 0 Å². The minimum Gasteiger partial charge on any atom is -0.481 e. The van der Waals surface area contributed by atoms with Gasteiger partial charge in [-0.05, 0) is 20.3 Å². The van der Waals surface area contributed by atoms with E-state index in [4.69, 9.17) is 14.6 Å². The molecule has 1 heterocycles. The lowest BCUT2D eigenvalue weighted by molar-refractivity contribution is -0.149. The van der Waals surface area contributed by atoms with Crippen LogP contribution in [0.25, 0.3) is 0 Å². The van der Waals surface area contributed by atoms with Gasteiger partial charge in [-0.3, -0.25) is 9.59 Å². The number of carboxylic acids is 1. The Kier molecular flexibility index (Phi) is 4.89. The maximum atomic E-state index is 11.8. The molecule has 0 aliphatic carbocycles. The topological polar surface area (TPSA) is 84.9 Å². The van der Waals surface area contributed by atoms with Crippen LogP contribution in [0.4, 0.5) is 0 Å². The van der Waals surface area contributed by atoms with Crippen molar-refractivity contribution in [2.45, 2.75) is 38.3 Å². The molecule has 0 unspecified atom stereocenters. The Bertz CT molecular complexity index is 284. The molecule has 1 saturated heterocycles. The highest BCUT2D eigenvalue weighted by Crippen LogP contribution is 2.12. The second-order valence-corrected chi connectivity index (χ2v) is 4.70. The Balaban J connectivity index is 2.39. The summed E-state index contributed by atoms with van der Waals surface area (Å²) in [6, 6.07) is 0. The number of amides is 1. The van der Waals surface area contributed by atoms with Crippen molar-refractivity contribution in [2.75, 3.05) is 19.8 Å². The number of carbonyl (C=O) groups excluding carboxylic acids is 1. The van der Waals surface area contributed by atoms with Gasteiger partial charge in [0, 0.05) is 12.0 Å². The Morgan fingerprint density at radius 1 is 1.41 bits per heavy atom. The first-order chi connectivity index (χ1) is 7.91. The van der Waals surface area contributed by atoms with E-state index in [1.54, 1.807) is 13.8 Å². The van der Waals surface area contributed by atoms with Crippen molar-refractivity contribution < 1.29 is 24.2 Å². The first kappa shape index (κ1) is 13.9. The number of nitrogens with one attached hydrogen (secondary N) is 1. The maximum Gasteiger partial charge on any atom is 0.303 e. The van der Waals surface area contributed by atoms with Crippen LogP contribution in [-0.2, 0) is 19.1 Å². The number of hydrogen-bond acceptors (Lipinski definition) is 4. The zero-order valence-corrected chi connectivity index (χ0v) is 10.2. The average Bonchev–Trinajstić information content (AvgIpc) is 2.27. The highest BCUT2D eigenvalue weighted by molar-refractivity contribution is 5.81. The van der Waals surface area contributed by atoms with Gasteiger partial charge in [0.25, 0.3) is 5.91 Å². The number of ether oxygens (including phenoxy) is 2. The molecule has 0 aromatic heterocycles. The molecule has 1 aliphatic rings. The number of rotatable bonds is 5. The van der Waals surface area contributed by atoms with Gasteiger partial charge in [-0.2, -0.15) is 0 Å². The molecule has 0 saturated carbocycles. The van der Waals surface area contributed by atoms with Gasteiger partial charge in [-0.1, -0.05) is 0 Å². The fourth-order valence-corrected chi connectivity index (χ4v) is 1.54. The lowest BCUT2D eigenvalue weighted by atomic mass is 9.98. The van der Waals surface area contributed by atoms with Crippen LogP contribution in [0.1, 0.15) is 26.7 Å². The summed E-state index contributed by atoms with van der Waals surface area (Å²) in [6.45, 7) is 4.75. The average molecular weight is 245 g/mol. The third kappa shape index (κ3) is 5.14. The minimum absolute atomic E-state index is 0.0231. The van der Waals surface area contributed by atoms with E-state index in [1.807, 2.05) is 0 Å². The van der Waals surface area contributed by atoms with E-state index >= 15 is 0 Å². The van der Waals surface area contributed by atoms with Crippen molar-refractivity contribution in [1.82, 2.24) is 5.32 Å². The molecule has 17 heavy (non-hydrogen) atoms. The number of hydrogen-bond donors (Lipinski definition) is 2. The van der Waals surface area contributed by atoms with Crippen LogP contribution >= 0.6 is 0 Å². The van der Waals surface area contributed by atoms with Gasteiger partial charge in [0.15, 0.2) is 6.10 Å². The molecular weight excluding hydrogens is 226 g/mol. The molecule has 0 spiro atoms. The van der Waals surface area contributed by atoms with E-state index in [2.05, 4.69) is 5.32 Å². The van der Waals surface area contributed by atoms with Gasteiger partial charge in [0.05, 0.1) is 19.8 Å². The van der Waals surface area contributed by atoms with Gasteiger partial charge >= 0.3 is 5.97 Å². The van der Waals surface area contributed by atoms with Gasteiger partial charge < -0.3 is 19.9 Å². The Morgan fingerprint density at radius 3 is 2.65 bits per heavy atom. The molecule has 1 aliphatic heterocycles. The van der Waals surface area contributed by atoms with E-state index in [0.717, 1.165) is 0 Å². The molecule has 1 amide bonds. The van der Waals surface area contributed by atoms with E-state index in [9.17, 15) is 9.59 Å². The molecule has 2 N–H and O–H groups in total. The zero-order chi connectivity index (χ0) is 12.9. The molecule has 98 valence electrons. The normalized spacial score (nSPS) is 20.9. The fourth-order valence-electron chi connectivity index (χ4n) is 1.54. The lowest BCUT2D eigenvalue weighted by Crippen LogP contribution is -2.51. The van der Waals surface area contributed by atoms with E-state index < -0.39 is 17.6 Å². The van der Waals surface area contributed by atoms with Crippen molar-refractivity contribution in [1.29, 1.82) is 0 Å². The van der Waals surface area contributed by atoms with Crippen LogP contribution in [-0.4, -0.2) is 48.4 Å². The molecule has 1 fully saturated rings. The first-order valence-corrected chi connectivity index (χ1v) is 5.64. The number of aliphatic carboxylic acids is 1. The SMILES string of the molecule is CC(C)(CCC(=O)O)NC(=O)[C@@H]1COCCO1. The summed E-state index contributed by atoms with van der Waals surface area (Å²) in [6.07, 6.45) is -0.190. The van der Waals surface area contributed by atoms with Gasteiger partial charge in [-0.15, -0.1) is 0 Å². The molecule has 1 rings (SSSR count). The molecule has 0 aromatic carbocycles. The van der Waals surface area contributed by atoms with Crippen molar-refractivity contribution in [3.05, 3.63) is 0 Å². The van der Waals surface area contributed by atoms with Gasteiger partial charge in [-0.25, -0.2) is 0 Å². The smallest absolute Gasteiger partial charge is 0.303 e. The van der Waals surface area contributed by atoms with Crippen LogP contribution in [0.15, 0.2) is 0 Å². The second kappa shape index (κ2) is 5.97. The van der Waals surface area contributed by atoms with Crippen molar-refractivity contribution >= 4 is 11.9 Å². The third-order valence-corrected chi connectivity index (χ3v) is 2.53. The summed E-state index contributed by atoms with van der Waals surface area (Å²) in [5.74, 6) is -1.12. The van der Waals surface area contributed by atoms with E-state index in [-0.39, 0.29) is 18.9 Å². The summed E-state index contributed by atoms with van der Waals surface area (Å²) in [7, 11) is 0. The molecule has 0 aromatic rings. The molecule has 6 nitrogen and oxygen atoms in total. The predicted molar refractivity (Wildman–Crippen MR) is 59.7 cm³/mol. The second-order valence-electron chi connectivity index (χ2n) is 4.70. The predicted octanol–water partition coefficient (Wildman–Crippen LogP) is 0.161. The number of carbonyl (C=O) groups is 2. The standard InChI is InChI=1S/C11H19NO5/c1-11(2,4-3-9(13)14)12-10(15)8-7-16-5-6-17-8/h8H,3-7H2,1-2H3,(H,12,15)(H,13,14)/t8-/m0/s1. The summed E-state index contributed by atoms with van der Waals surface area (Å²) in [5.41, 5.74) is -0.559. The maximum absolute atomic E-state index is 11.8. The zero-order valence-electron chi connectivity index (χ0n) is 10.2. The Hall–Kier alpha value is -1.14. The molecule has 0 radical (unpaired) electrons. The first-order valence-electron chi connectivity index (χ1n) is 5.64. The van der Waals surface area contributed by atoms with E-state index in [0.29, 0.717) is 19.6 Å². The molecule has 0 bridgehead atoms. The summed E-state index contributed by atoms with van der Waals surface area (Å²) in [4.78, 5) is 22.3. The van der Waals surface area contributed by atoms with Gasteiger partial charge in [0.2, 0.25) is 0 Å². The summed E-state index contributed by atoms with van der Waals surface area (Å²) >= 11 is 0. The summed E-state index contributed by atoms with van der Waals surface area (Å²) < 4.78 is 10.4. The Morgan fingerprint density at radius 2 is 2.12 bits per heavy atom. The van der Waals surface area contributed by atoms with Gasteiger partial charge in [0.1, 0.15) is 0 Å². The van der Waals surface area contributed by atoms with Crippen LogP contribution in [0.3, 0.4) is 0 Å². The number of carboxylic acid groups (broad SMARTS) is 1. The van der Waals surface area contributed by atoms with Crippen LogP contribution in [0, 0.1) is 0 Å². The summed E-state index contributed by atoms with van der Waals surface area (Å²) in [5, 5.41) is 11.4. The lowest BCUT2D eigenvalue weighted by Gasteiger charge is -2.29. The fraction of sp³-hybridized carbons (Fsp3) is 0.818. The highest BCUT2D eigenvalue weighted by atomic mass is 16.6. The molecule has 6 heteroatoms. The quantitative estimate of drug-likeness (QED) is 0.720. The van der Waals surface area contributed by atoms with Crippen molar-refractivity contribution in [3.8, 4) is 0 Å². The monoisotopic (exact) mass is 245 g/mol. The third-order valence-electron chi connectivity index (χ3n) is 2.53. The van der Waals surface area contributed by atoms with Crippen LogP contribution in [0.2, 0.25) is 0 Å². The largest absolute Gasteiger partial charge is 0.481 e. The van der Waals surface area contributed by atoms with Crippen LogP contribution in [0.5, 0.6) is 0 Å². The van der Waals surface area contributed by atoms with Crippen LogP contribution < -0.4 is 5.32 Å².